The molecule has 0 fully saturated rings. The molecule has 0 aliphatic heterocycles. The van der Waals surface area contributed by atoms with Gasteiger partial charge in [-0.25, -0.2) is 9.50 Å². The van der Waals surface area contributed by atoms with Gasteiger partial charge < -0.3 is 18.6 Å². The average molecular weight is 576 g/mol. The Balaban J connectivity index is 1.11. The van der Waals surface area contributed by atoms with Crippen molar-refractivity contribution in [3.8, 4) is 28.1 Å². The summed E-state index contributed by atoms with van der Waals surface area (Å²) in [6.45, 7) is 0.310. The first-order valence-electron chi connectivity index (χ1n) is 13.3. The summed E-state index contributed by atoms with van der Waals surface area (Å²) < 4.78 is 24.8. The fraction of sp³-hybridized carbons (Fsp3) is 0.121. The molecule has 0 amide bonds. The predicted octanol–water partition coefficient (Wildman–Crippen LogP) is 7.38. The van der Waals surface area contributed by atoms with E-state index in [0.29, 0.717) is 57.3 Å². The first kappa shape index (κ1) is 25.8. The van der Waals surface area contributed by atoms with Gasteiger partial charge in [-0.15, -0.1) is 5.10 Å². The Bertz CT molecular complexity index is 2060. The highest BCUT2D eigenvalue weighted by molar-refractivity contribution is 7.18. The number of carbonyl (C=O) groups excluding carboxylic acids is 1. The maximum absolute atomic E-state index is 13.1. The third-order valence-electron chi connectivity index (χ3n) is 7.08. The lowest BCUT2D eigenvalue weighted by atomic mass is 9.99. The largest absolute Gasteiger partial charge is 0.496 e. The Kier molecular flexibility index (Phi) is 6.56. The van der Waals surface area contributed by atoms with E-state index >= 15 is 0 Å². The van der Waals surface area contributed by atoms with E-state index in [1.165, 1.54) is 11.3 Å². The second-order valence-corrected chi connectivity index (χ2v) is 10.8. The number of Topliss-reactive ketones (excluding diaryl/α,β-unsaturated/α-hetero) is 1. The molecule has 9 heteroatoms. The van der Waals surface area contributed by atoms with E-state index in [1.54, 1.807) is 24.9 Å². The van der Waals surface area contributed by atoms with Crippen LogP contribution in [0.25, 0.3) is 38.2 Å². The lowest BCUT2D eigenvalue weighted by molar-refractivity contribution is 0.0993. The molecule has 3 aromatic heterocycles. The van der Waals surface area contributed by atoms with E-state index in [1.807, 2.05) is 84.9 Å². The Labute approximate surface area is 244 Å². The number of carbonyl (C=O) groups is 1. The van der Waals surface area contributed by atoms with Gasteiger partial charge in [0.15, 0.2) is 11.5 Å². The standard InChI is InChI=1S/C33H25N3O5S/c1-38-25-15-29(26-17-31(41-30(26)16-25)27-18-36-32(34-27)42-33(35-36)39-2)40-19-21-7-5-6-20(12-21)13-28(37)24-11-10-22-8-3-4-9-23(22)14-24/h3-12,14-18H,13,19H2,1-2H3. The van der Waals surface area contributed by atoms with Crippen molar-refractivity contribution >= 4 is 43.8 Å². The van der Waals surface area contributed by atoms with Crippen LogP contribution in [0.3, 0.4) is 0 Å². The first-order valence-corrected chi connectivity index (χ1v) is 14.1. The van der Waals surface area contributed by atoms with E-state index in [0.717, 1.165) is 27.3 Å². The lowest BCUT2D eigenvalue weighted by Gasteiger charge is -2.10. The van der Waals surface area contributed by atoms with Crippen LogP contribution in [-0.4, -0.2) is 34.6 Å². The van der Waals surface area contributed by atoms with Gasteiger partial charge in [-0.3, -0.25) is 4.79 Å². The van der Waals surface area contributed by atoms with Gasteiger partial charge in [0, 0.05) is 24.1 Å². The van der Waals surface area contributed by atoms with E-state index in [9.17, 15) is 4.79 Å². The Morgan fingerprint density at radius 3 is 2.60 bits per heavy atom. The zero-order valence-electron chi connectivity index (χ0n) is 22.9. The molecular formula is C33H25N3O5S. The summed E-state index contributed by atoms with van der Waals surface area (Å²) in [5, 5.41) is 7.85. The van der Waals surface area contributed by atoms with Crippen LogP contribution in [0, 0.1) is 0 Å². The van der Waals surface area contributed by atoms with Gasteiger partial charge >= 0.3 is 0 Å². The maximum Gasteiger partial charge on any atom is 0.294 e. The van der Waals surface area contributed by atoms with Crippen molar-refractivity contribution < 1.29 is 23.4 Å². The van der Waals surface area contributed by atoms with Crippen molar-refractivity contribution in [2.45, 2.75) is 13.0 Å². The van der Waals surface area contributed by atoms with Crippen LogP contribution in [-0.2, 0) is 13.0 Å². The number of methoxy groups -OCH3 is 2. The van der Waals surface area contributed by atoms with Gasteiger partial charge in [0.1, 0.15) is 29.4 Å². The number of ketones is 1. The minimum Gasteiger partial charge on any atom is -0.496 e. The van der Waals surface area contributed by atoms with Crippen molar-refractivity contribution in [3.63, 3.8) is 0 Å². The maximum atomic E-state index is 13.1. The molecule has 0 saturated carbocycles. The zero-order chi connectivity index (χ0) is 28.6. The van der Waals surface area contributed by atoms with Crippen LogP contribution >= 0.6 is 11.3 Å². The molecule has 7 rings (SSSR count). The second kappa shape index (κ2) is 10.7. The van der Waals surface area contributed by atoms with Gasteiger partial charge in [-0.2, -0.15) is 0 Å². The summed E-state index contributed by atoms with van der Waals surface area (Å²) in [5.74, 6) is 1.91. The van der Waals surface area contributed by atoms with E-state index in [2.05, 4.69) is 10.1 Å². The molecule has 0 aliphatic rings. The molecular weight excluding hydrogens is 550 g/mol. The van der Waals surface area contributed by atoms with Crippen molar-refractivity contribution in [2.24, 2.45) is 0 Å². The summed E-state index contributed by atoms with van der Waals surface area (Å²) in [6.07, 6.45) is 2.11. The minimum atomic E-state index is 0.0760. The summed E-state index contributed by atoms with van der Waals surface area (Å²) in [5.41, 5.74) is 3.86. The van der Waals surface area contributed by atoms with E-state index < -0.39 is 0 Å². The highest BCUT2D eigenvalue weighted by Crippen LogP contribution is 2.37. The van der Waals surface area contributed by atoms with Crippen molar-refractivity contribution in [1.29, 1.82) is 0 Å². The van der Waals surface area contributed by atoms with Crippen molar-refractivity contribution in [3.05, 3.63) is 108 Å². The summed E-state index contributed by atoms with van der Waals surface area (Å²) in [7, 11) is 3.18. The molecule has 8 nitrogen and oxygen atoms in total. The fourth-order valence-corrected chi connectivity index (χ4v) is 5.67. The molecule has 0 unspecified atom stereocenters. The van der Waals surface area contributed by atoms with E-state index in [-0.39, 0.29) is 5.78 Å². The van der Waals surface area contributed by atoms with Crippen LogP contribution in [0.15, 0.2) is 95.5 Å². The topological polar surface area (TPSA) is 88.1 Å². The molecule has 4 aromatic carbocycles. The molecule has 0 bridgehead atoms. The Hall–Kier alpha value is -5.15. The molecule has 0 N–H and O–H groups in total. The summed E-state index contributed by atoms with van der Waals surface area (Å²) in [6, 6.07) is 27.4. The highest BCUT2D eigenvalue weighted by Gasteiger charge is 2.17. The number of ether oxygens (including phenoxy) is 3. The number of hydrogen-bond acceptors (Lipinski definition) is 8. The molecule has 3 heterocycles. The van der Waals surface area contributed by atoms with E-state index in [4.69, 9.17) is 18.6 Å². The normalized spacial score (nSPS) is 11.4. The van der Waals surface area contributed by atoms with Gasteiger partial charge in [0.25, 0.3) is 5.19 Å². The molecule has 42 heavy (non-hydrogen) atoms. The lowest BCUT2D eigenvalue weighted by Crippen LogP contribution is -2.04. The van der Waals surface area contributed by atoms with Crippen LogP contribution in [0.1, 0.15) is 21.5 Å². The van der Waals surface area contributed by atoms with Crippen molar-refractivity contribution in [1.82, 2.24) is 14.6 Å². The third-order valence-corrected chi connectivity index (χ3v) is 7.97. The van der Waals surface area contributed by atoms with Gasteiger partial charge in [-0.1, -0.05) is 60.7 Å². The van der Waals surface area contributed by atoms with Crippen LogP contribution < -0.4 is 14.2 Å². The quantitative estimate of drug-likeness (QED) is 0.166. The average Bonchev–Trinajstić information content (AvgIpc) is 3.73. The number of nitrogens with zero attached hydrogens (tertiary/aromatic N) is 3. The second-order valence-electron chi connectivity index (χ2n) is 9.84. The molecule has 0 radical (unpaired) electrons. The molecule has 208 valence electrons. The number of imidazole rings is 1. The third kappa shape index (κ3) is 4.95. The zero-order valence-corrected chi connectivity index (χ0v) is 23.7. The number of benzene rings is 4. The molecule has 0 aliphatic carbocycles. The minimum absolute atomic E-state index is 0.0760. The monoisotopic (exact) mass is 575 g/mol. The van der Waals surface area contributed by atoms with Crippen LogP contribution in [0.4, 0.5) is 0 Å². The summed E-state index contributed by atoms with van der Waals surface area (Å²) in [4.78, 5) is 18.4. The molecule has 0 saturated heterocycles. The van der Waals surface area contributed by atoms with Gasteiger partial charge in [0.05, 0.1) is 25.8 Å². The number of aromatic nitrogens is 3. The van der Waals surface area contributed by atoms with Crippen molar-refractivity contribution in [2.75, 3.05) is 14.2 Å². The highest BCUT2D eigenvalue weighted by atomic mass is 32.1. The molecule has 0 spiro atoms. The van der Waals surface area contributed by atoms with Gasteiger partial charge in [-0.05, 0) is 45.4 Å². The molecule has 7 aromatic rings. The number of rotatable bonds is 9. The number of fused-ring (bicyclic) bond motifs is 3. The smallest absolute Gasteiger partial charge is 0.294 e. The Morgan fingerprint density at radius 2 is 1.76 bits per heavy atom. The first-order chi connectivity index (χ1) is 20.6. The summed E-state index contributed by atoms with van der Waals surface area (Å²) >= 11 is 1.35. The Morgan fingerprint density at radius 1 is 0.905 bits per heavy atom. The van der Waals surface area contributed by atoms with Crippen LogP contribution in [0.2, 0.25) is 0 Å². The number of hydrogen-bond donors (Lipinski definition) is 0. The fourth-order valence-electron chi connectivity index (χ4n) is 4.97. The predicted molar refractivity (Wildman–Crippen MR) is 162 cm³/mol. The number of furan rings is 1. The van der Waals surface area contributed by atoms with Crippen LogP contribution in [0.5, 0.6) is 16.7 Å². The SMILES string of the molecule is COc1cc(OCc2cccc(CC(=O)c3ccc4ccccc4c3)c2)c2cc(-c3cn4nc(OC)sc4n3)oc2c1. The molecule has 0 atom stereocenters. The van der Waals surface area contributed by atoms with Gasteiger partial charge in [0.2, 0.25) is 4.96 Å².